The lowest BCUT2D eigenvalue weighted by Crippen LogP contribution is -2.39. The summed E-state index contributed by atoms with van der Waals surface area (Å²) in [6, 6.07) is 14.2. The maximum atomic E-state index is 13.5. The molecule has 2 fully saturated rings. The highest BCUT2D eigenvalue weighted by molar-refractivity contribution is 7.21. The molecule has 3 aromatic heterocycles. The summed E-state index contributed by atoms with van der Waals surface area (Å²) in [5, 5.41) is 7.76. The number of aromatic amines is 1. The topological polar surface area (TPSA) is 98.8 Å². The van der Waals surface area contributed by atoms with Gasteiger partial charge in [-0.25, -0.2) is 15.0 Å². The maximum Gasteiger partial charge on any atom is 0.263 e. The lowest BCUT2D eigenvalue weighted by molar-refractivity contribution is 0.474. The number of nitrogens with zero attached hydrogens (tertiary/aromatic N) is 4. The van der Waals surface area contributed by atoms with Gasteiger partial charge >= 0.3 is 0 Å². The Morgan fingerprint density at radius 2 is 1.89 bits per heavy atom. The SMILES string of the molecule is O=c1[nH]c(C2CCN(c3ccccn3)CC2)nc(N[C@@H]2CCCNC2)c1-c1nc2ccccc2s1. The van der Waals surface area contributed by atoms with Gasteiger partial charge in [-0.15, -0.1) is 11.3 Å². The van der Waals surface area contributed by atoms with Crippen LogP contribution < -0.4 is 21.1 Å². The summed E-state index contributed by atoms with van der Waals surface area (Å²) >= 11 is 1.54. The summed E-state index contributed by atoms with van der Waals surface area (Å²) in [6.45, 7) is 3.68. The number of piperidine rings is 2. The van der Waals surface area contributed by atoms with E-state index in [1.54, 1.807) is 0 Å². The van der Waals surface area contributed by atoms with Crippen molar-refractivity contribution >= 4 is 33.2 Å². The zero-order chi connectivity index (χ0) is 23.6. The van der Waals surface area contributed by atoms with E-state index in [2.05, 4.69) is 25.5 Å². The van der Waals surface area contributed by atoms with Gasteiger partial charge in [0.2, 0.25) is 0 Å². The molecule has 35 heavy (non-hydrogen) atoms. The summed E-state index contributed by atoms with van der Waals surface area (Å²) in [4.78, 5) is 33.2. The average Bonchev–Trinajstić information content (AvgIpc) is 3.33. The first-order valence-electron chi connectivity index (χ1n) is 12.4. The van der Waals surface area contributed by atoms with E-state index in [1.165, 1.54) is 11.3 Å². The van der Waals surface area contributed by atoms with E-state index in [-0.39, 0.29) is 17.5 Å². The Balaban J connectivity index is 1.32. The molecule has 0 saturated carbocycles. The zero-order valence-corrected chi connectivity index (χ0v) is 20.4. The zero-order valence-electron chi connectivity index (χ0n) is 19.5. The van der Waals surface area contributed by atoms with E-state index < -0.39 is 0 Å². The molecule has 5 heterocycles. The molecule has 180 valence electrons. The van der Waals surface area contributed by atoms with Crippen LogP contribution in [0, 0.1) is 0 Å². The minimum Gasteiger partial charge on any atom is -0.365 e. The highest BCUT2D eigenvalue weighted by atomic mass is 32.1. The van der Waals surface area contributed by atoms with Gasteiger partial charge < -0.3 is 20.5 Å². The minimum absolute atomic E-state index is 0.118. The highest BCUT2D eigenvalue weighted by Crippen LogP contribution is 2.34. The average molecular weight is 488 g/mol. The highest BCUT2D eigenvalue weighted by Gasteiger charge is 2.27. The van der Waals surface area contributed by atoms with Crippen LogP contribution in [0.15, 0.2) is 53.5 Å². The summed E-state index contributed by atoms with van der Waals surface area (Å²) < 4.78 is 1.07. The van der Waals surface area contributed by atoms with Gasteiger partial charge in [-0.3, -0.25) is 4.79 Å². The van der Waals surface area contributed by atoms with E-state index in [0.717, 1.165) is 73.7 Å². The van der Waals surface area contributed by atoms with Crippen LogP contribution in [0.4, 0.5) is 11.6 Å². The molecule has 0 radical (unpaired) electrons. The van der Waals surface area contributed by atoms with Gasteiger partial charge in [0, 0.05) is 37.8 Å². The molecule has 9 heteroatoms. The van der Waals surface area contributed by atoms with Crippen molar-refractivity contribution in [2.75, 3.05) is 36.4 Å². The molecule has 8 nitrogen and oxygen atoms in total. The first kappa shape index (κ1) is 22.2. The third-order valence-electron chi connectivity index (χ3n) is 6.94. The molecule has 2 saturated heterocycles. The molecule has 1 aromatic carbocycles. The number of nitrogens with one attached hydrogen (secondary N) is 3. The fraction of sp³-hybridized carbons (Fsp3) is 0.385. The first-order chi connectivity index (χ1) is 17.2. The second kappa shape index (κ2) is 9.75. The summed E-state index contributed by atoms with van der Waals surface area (Å²) in [5.74, 6) is 2.64. The van der Waals surface area contributed by atoms with Gasteiger partial charge in [0.05, 0.1) is 10.2 Å². The van der Waals surface area contributed by atoms with Crippen LogP contribution in [-0.4, -0.2) is 52.2 Å². The fourth-order valence-electron chi connectivity index (χ4n) is 5.06. The quantitative estimate of drug-likeness (QED) is 0.391. The van der Waals surface area contributed by atoms with Gasteiger partial charge in [-0.2, -0.15) is 0 Å². The van der Waals surface area contributed by atoms with E-state index in [1.807, 2.05) is 48.7 Å². The molecule has 2 aliphatic rings. The molecule has 0 bridgehead atoms. The standard InChI is InChI=1S/C26H29N7OS/c34-25-22(26-30-19-7-1-2-8-20(19)35-26)24(29-18-6-5-12-27-16-18)31-23(32-25)17-10-14-33(15-11-17)21-9-3-4-13-28-21/h1-4,7-9,13,17-18,27H,5-6,10-12,14-16H2,(H2,29,31,32,34)/t18-/m1/s1. The third kappa shape index (κ3) is 4.66. The third-order valence-corrected chi connectivity index (χ3v) is 7.99. The van der Waals surface area contributed by atoms with Crippen molar-refractivity contribution in [3.8, 4) is 10.6 Å². The van der Waals surface area contributed by atoms with Crippen LogP contribution in [0.5, 0.6) is 0 Å². The largest absolute Gasteiger partial charge is 0.365 e. The summed E-state index contributed by atoms with van der Waals surface area (Å²) in [7, 11) is 0. The number of para-hydroxylation sites is 1. The monoisotopic (exact) mass is 487 g/mol. The van der Waals surface area contributed by atoms with Gasteiger partial charge in [-0.1, -0.05) is 18.2 Å². The number of benzene rings is 1. The van der Waals surface area contributed by atoms with Crippen LogP contribution in [-0.2, 0) is 0 Å². The van der Waals surface area contributed by atoms with Gasteiger partial charge in [0.1, 0.15) is 28.0 Å². The fourth-order valence-corrected chi connectivity index (χ4v) is 6.07. The molecule has 0 aliphatic carbocycles. The Morgan fingerprint density at radius 3 is 2.66 bits per heavy atom. The van der Waals surface area contributed by atoms with Crippen LogP contribution in [0.25, 0.3) is 20.8 Å². The predicted molar refractivity (Wildman–Crippen MR) is 141 cm³/mol. The molecule has 6 rings (SSSR count). The smallest absolute Gasteiger partial charge is 0.263 e. The maximum absolute atomic E-state index is 13.5. The second-order valence-electron chi connectivity index (χ2n) is 9.30. The lowest BCUT2D eigenvalue weighted by atomic mass is 9.95. The van der Waals surface area contributed by atoms with E-state index in [9.17, 15) is 4.79 Å². The number of hydrogen-bond donors (Lipinski definition) is 3. The summed E-state index contributed by atoms with van der Waals surface area (Å²) in [5.41, 5.74) is 1.34. The molecule has 2 aliphatic heterocycles. The van der Waals surface area contributed by atoms with Crippen LogP contribution in [0.1, 0.15) is 37.4 Å². The first-order valence-corrected chi connectivity index (χ1v) is 13.2. The van der Waals surface area contributed by atoms with E-state index in [4.69, 9.17) is 9.97 Å². The summed E-state index contributed by atoms with van der Waals surface area (Å²) in [6.07, 6.45) is 5.84. The Morgan fingerprint density at radius 1 is 1.03 bits per heavy atom. The van der Waals surface area contributed by atoms with Crippen molar-refractivity contribution in [1.82, 2.24) is 25.3 Å². The second-order valence-corrected chi connectivity index (χ2v) is 10.3. The van der Waals surface area contributed by atoms with Gasteiger partial charge in [-0.05, 0) is 56.5 Å². The van der Waals surface area contributed by atoms with Gasteiger partial charge in [0.25, 0.3) is 5.56 Å². The molecule has 0 unspecified atom stereocenters. The molecule has 0 amide bonds. The Bertz CT molecular complexity index is 1320. The number of anilines is 2. The van der Waals surface area contributed by atoms with Crippen molar-refractivity contribution in [2.45, 2.75) is 37.6 Å². The number of H-pyrrole nitrogens is 1. The number of rotatable bonds is 5. The van der Waals surface area contributed by atoms with Crippen LogP contribution in [0.3, 0.4) is 0 Å². The Kier molecular flexibility index (Phi) is 6.18. The molecule has 1 atom stereocenters. The molecule has 4 aromatic rings. The Labute approximate surface area is 207 Å². The number of fused-ring (bicyclic) bond motifs is 1. The van der Waals surface area contributed by atoms with Crippen LogP contribution >= 0.6 is 11.3 Å². The number of aromatic nitrogens is 4. The molecule has 3 N–H and O–H groups in total. The number of hydrogen-bond acceptors (Lipinski definition) is 8. The van der Waals surface area contributed by atoms with Crippen molar-refractivity contribution in [1.29, 1.82) is 0 Å². The van der Waals surface area contributed by atoms with Crippen molar-refractivity contribution < 1.29 is 0 Å². The lowest BCUT2D eigenvalue weighted by Gasteiger charge is -2.32. The molecular weight excluding hydrogens is 458 g/mol. The predicted octanol–water partition coefficient (Wildman–Crippen LogP) is 3.99. The normalized spacial score (nSPS) is 19.2. The Hall–Kier alpha value is -3.30. The van der Waals surface area contributed by atoms with E-state index >= 15 is 0 Å². The minimum atomic E-state index is -0.118. The van der Waals surface area contributed by atoms with Crippen molar-refractivity contribution in [3.05, 3.63) is 64.8 Å². The van der Waals surface area contributed by atoms with Crippen molar-refractivity contribution in [2.24, 2.45) is 0 Å². The van der Waals surface area contributed by atoms with E-state index in [0.29, 0.717) is 16.4 Å². The van der Waals surface area contributed by atoms with Crippen molar-refractivity contribution in [3.63, 3.8) is 0 Å². The number of pyridine rings is 1. The molecule has 0 spiro atoms. The molecular formula is C26H29N7OS. The number of thiazole rings is 1. The van der Waals surface area contributed by atoms with Crippen LogP contribution in [0.2, 0.25) is 0 Å². The van der Waals surface area contributed by atoms with Gasteiger partial charge in [0.15, 0.2) is 0 Å².